The van der Waals surface area contributed by atoms with E-state index in [1.165, 1.54) is 12.8 Å². The summed E-state index contributed by atoms with van der Waals surface area (Å²) < 4.78 is 27.4. The lowest BCUT2D eigenvalue weighted by atomic mass is 10.4. The summed E-state index contributed by atoms with van der Waals surface area (Å²) in [4.78, 5) is 6.62. The van der Waals surface area contributed by atoms with Gasteiger partial charge in [0.05, 0.1) is 0 Å². The molecule has 1 aromatic rings. The van der Waals surface area contributed by atoms with Crippen molar-refractivity contribution in [3.05, 3.63) is 18.3 Å². The number of nitrogens with zero attached hydrogens (tertiary/aromatic N) is 2. The number of pyridine rings is 1. The fourth-order valence-corrected chi connectivity index (χ4v) is 3.50. The van der Waals surface area contributed by atoms with Crippen molar-refractivity contribution >= 4 is 15.8 Å². The molecular formula is C14H24N4O2S. The van der Waals surface area contributed by atoms with E-state index >= 15 is 0 Å². The summed E-state index contributed by atoms with van der Waals surface area (Å²) in [5, 5.41) is 2.98. The van der Waals surface area contributed by atoms with Crippen molar-refractivity contribution in [3.63, 3.8) is 0 Å². The Bertz CT molecular complexity index is 558. The molecule has 1 heterocycles. The molecule has 2 N–H and O–H groups in total. The molecule has 1 saturated carbocycles. The molecule has 2 rings (SSSR count). The molecule has 6 nitrogen and oxygen atoms in total. The summed E-state index contributed by atoms with van der Waals surface area (Å²) in [7, 11) is -3.52. The van der Waals surface area contributed by atoms with Crippen LogP contribution < -0.4 is 10.0 Å². The number of rotatable bonds is 9. The average Bonchev–Trinajstić information content (AvgIpc) is 3.29. The normalized spacial score (nSPS) is 15.4. The molecule has 0 spiro atoms. The molecule has 0 unspecified atom stereocenters. The highest BCUT2D eigenvalue weighted by molar-refractivity contribution is 7.89. The van der Waals surface area contributed by atoms with E-state index in [4.69, 9.17) is 0 Å². The fourth-order valence-electron chi connectivity index (χ4n) is 2.35. The molecule has 1 aliphatic carbocycles. The highest BCUT2D eigenvalue weighted by Crippen LogP contribution is 2.26. The van der Waals surface area contributed by atoms with Crippen molar-refractivity contribution in [1.29, 1.82) is 0 Å². The van der Waals surface area contributed by atoms with Gasteiger partial charge < -0.3 is 5.32 Å². The van der Waals surface area contributed by atoms with Crippen LogP contribution in [0.25, 0.3) is 0 Å². The van der Waals surface area contributed by atoms with Gasteiger partial charge in [0.2, 0.25) is 10.0 Å². The average molecular weight is 312 g/mol. The summed E-state index contributed by atoms with van der Waals surface area (Å²) in [6.07, 6.45) is 4.05. The Kier molecular flexibility index (Phi) is 5.55. The SMILES string of the molecule is CCNc1ncccc1S(=O)(=O)NCCN(CC)C1CC1. The first kappa shape index (κ1) is 16.2. The van der Waals surface area contributed by atoms with Crippen molar-refractivity contribution in [3.8, 4) is 0 Å². The highest BCUT2D eigenvalue weighted by atomic mass is 32.2. The first-order chi connectivity index (χ1) is 10.1. The van der Waals surface area contributed by atoms with Crippen LogP contribution in [-0.4, -0.2) is 50.5 Å². The third-order valence-electron chi connectivity index (χ3n) is 3.56. The van der Waals surface area contributed by atoms with Crippen LogP contribution in [0, 0.1) is 0 Å². The number of hydrogen-bond donors (Lipinski definition) is 2. The molecule has 0 aliphatic heterocycles. The monoisotopic (exact) mass is 312 g/mol. The molecule has 7 heteroatoms. The summed E-state index contributed by atoms with van der Waals surface area (Å²) in [6.45, 7) is 6.78. The number of hydrogen-bond acceptors (Lipinski definition) is 5. The molecule has 0 saturated heterocycles. The van der Waals surface area contributed by atoms with E-state index in [9.17, 15) is 8.42 Å². The minimum Gasteiger partial charge on any atom is -0.369 e. The zero-order chi connectivity index (χ0) is 15.3. The van der Waals surface area contributed by atoms with Gasteiger partial charge in [0.15, 0.2) is 0 Å². The predicted octanol–water partition coefficient (Wildman–Crippen LogP) is 1.28. The Morgan fingerprint density at radius 2 is 2.14 bits per heavy atom. The van der Waals surface area contributed by atoms with Crippen LogP contribution >= 0.6 is 0 Å². The van der Waals surface area contributed by atoms with Crippen molar-refractivity contribution in [2.24, 2.45) is 0 Å². The first-order valence-corrected chi connectivity index (χ1v) is 8.99. The van der Waals surface area contributed by atoms with Crippen LogP contribution in [0.3, 0.4) is 0 Å². The van der Waals surface area contributed by atoms with Gasteiger partial charge in [-0.05, 0) is 38.4 Å². The zero-order valence-corrected chi connectivity index (χ0v) is 13.5. The summed E-state index contributed by atoms with van der Waals surface area (Å²) in [6, 6.07) is 3.86. The summed E-state index contributed by atoms with van der Waals surface area (Å²) in [5.41, 5.74) is 0. The van der Waals surface area contributed by atoms with Gasteiger partial charge in [-0.2, -0.15) is 0 Å². The number of anilines is 1. The van der Waals surface area contributed by atoms with Gasteiger partial charge in [-0.25, -0.2) is 18.1 Å². The molecule has 0 aromatic carbocycles. The smallest absolute Gasteiger partial charge is 0.244 e. The standard InChI is InChI=1S/C14H24N4O2S/c1-3-15-14-13(6-5-9-16-14)21(19,20)17-10-11-18(4-2)12-7-8-12/h5-6,9,12,17H,3-4,7-8,10-11H2,1-2H3,(H,15,16). The van der Waals surface area contributed by atoms with E-state index in [0.717, 1.165) is 13.1 Å². The van der Waals surface area contributed by atoms with E-state index < -0.39 is 10.0 Å². The molecule has 0 bridgehead atoms. The first-order valence-electron chi connectivity index (χ1n) is 7.51. The minimum atomic E-state index is -3.52. The van der Waals surface area contributed by atoms with Crippen LogP contribution in [0.4, 0.5) is 5.82 Å². The molecule has 0 amide bonds. The van der Waals surface area contributed by atoms with Crippen LogP contribution in [0.5, 0.6) is 0 Å². The Labute approximate surface area is 127 Å². The maximum absolute atomic E-state index is 12.4. The van der Waals surface area contributed by atoms with E-state index in [1.807, 2.05) is 6.92 Å². The summed E-state index contributed by atoms with van der Waals surface area (Å²) >= 11 is 0. The largest absolute Gasteiger partial charge is 0.369 e. The van der Waals surface area contributed by atoms with Crippen LogP contribution in [0.15, 0.2) is 23.2 Å². The van der Waals surface area contributed by atoms with Gasteiger partial charge in [0.1, 0.15) is 10.7 Å². The molecular weight excluding hydrogens is 288 g/mol. The van der Waals surface area contributed by atoms with E-state index in [2.05, 4.69) is 26.8 Å². The number of likely N-dealkylation sites (N-methyl/N-ethyl adjacent to an activating group) is 1. The fraction of sp³-hybridized carbons (Fsp3) is 0.643. The number of sulfonamides is 1. The van der Waals surface area contributed by atoms with Gasteiger partial charge >= 0.3 is 0 Å². The molecule has 1 aliphatic rings. The van der Waals surface area contributed by atoms with Crippen molar-refractivity contribution in [2.75, 3.05) is 31.5 Å². The van der Waals surface area contributed by atoms with Gasteiger partial charge in [-0.1, -0.05) is 6.92 Å². The lowest BCUT2D eigenvalue weighted by molar-refractivity contribution is 0.282. The lowest BCUT2D eigenvalue weighted by Gasteiger charge is -2.20. The molecule has 0 atom stereocenters. The topological polar surface area (TPSA) is 74.3 Å². The molecule has 21 heavy (non-hydrogen) atoms. The second-order valence-corrected chi connectivity index (χ2v) is 6.87. The zero-order valence-electron chi connectivity index (χ0n) is 12.7. The van der Waals surface area contributed by atoms with Crippen molar-refractivity contribution < 1.29 is 8.42 Å². The number of nitrogens with one attached hydrogen (secondary N) is 2. The lowest BCUT2D eigenvalue weighted by Crippen LogP contribution is -2.36. The molecule has 1 aromatic heterocycles. The van der Waals surface area contributed by atoms with Crippen LogP contribution in [-0.2, 0) is 10.0 Å². The minimum absolute atomic E-state index is 0.210. The van der Waals surface area contributed by atoms with Crippen molar-refractivity contribution in [1.82, 2.24) is 14.6 Å². The Balaban J connectivity index is 1.97. The van der Waals surface area contributed by atoms with Gasteiger partial charge in [-0.15, -0.1) is 0 Å². The second kappa shape index (κ2) is 7.20. The molecule has 118 valence electrons. The Morgan fingerprint density at radius 3 is 2.76 bits per heavy atom. The van der Waals surface area contributed by atoms with Gasteiger partial charge in [0, 0.05) is 31.9 Å². The van der Waals surface area contributed by atoms with Gasteiger partial charge in [0.25, 0.3) is 0 Å². The maximum Gasteiger partial charge on any atom is 0.244 e. The molecule has 0 radical (unpaired) electrons. The quantitative estimate of drug-likeness (QED) is 0.718. The van der Waals surface area contributed by atoms with E-state index in [1.54, 1.807) is 18.3 Å². The maximum atomic E-state index is 12.4. The van der Waals surface area contributed by atoms with Crippen LogP contribution in [0.2, 0.25) is 0 Å². The van der Waals surface area contributed by atoms with E-state index in [-0.39, 0.29) is 4.90 Å². The third kappa shape index (κ3) is 4.39. The number of aromatic nitrogens is 1. The van der Waals surface area contributed by atoms with Crippen molar-refractivity contribution in [2.45, 2.75) is 37.6 Å². The summed E-state index contributed by atoms with van der Waals surface area (Å²) in [5.74, 6) is 0.405. The Hall–Kier alpha value is -1.18. The Morgan fingerprint density at radius 1 is 1.38 bits per heavy atom. The third-order valence-corrected chi connectivity index (χ3v) is 5.06. The van der Waals surface area contributed by atoms with Crippen LogP contribution in [0.1, 0.15) is 26.7 Å². The predicted molar refractivity (Wildman–Crippen MR) is 83.9 cm³/mol. The van der Waals surface area contributed by atoms with E-state index in [0.29, 0.717) is 24.9 Å². The van der Waals surface area contributed by atoms with Gasteiger partial charge in [-0.3, -0.25) is 4.90 Å². The highest BCUT2D eigenvalue weighted by Gasteiger charge is 2.27. The molecule has 1 fully saturated rings. The second-order valence-electron chi connectivity index (χ2n) is 5.14.